The summed E-state index contributed by atoms with van der Waals surface area (Å²) in [6, 6.07) is 5.62. The average Bonchev–Trinajstić information content (AvgIpc) is 3.35. The molecule has 4 rings (SSSR count). The molecule has 3 N–H and O–H groups in total. The first kappa shape index (κ1) is 26.4. The molecular weight excluding hydrogens is 478 g/mol. The molecule has 0 atom stereocenters. The summed E-state index contributed by atoms with van der Waals surface area (Å²) >= 11 is 0. The number of nitrogens with zero attached hydrogens (tertiary/aromatic N) is 2. The summed E-state index contributed by atoms with van der Waals surface area (Å²) < 4.78 is 21.3. The molecule has 0 bridgehead atoms. The number of hydrogen-bond acceptors (Lipinski definition) is 8. The first-order chi connectivity index (χ1) is 18.0. The van der Waals surface area contributed by atoms with Crippen molar-refractivity contribution in [3.05, 3.63) is 36.3 Å². The number of hydrogen-bond donors (Lipinski definition) is 3. The Morgan fingerprint density at radius 3 is 2.46 bits per heavy atom. The quantitative estimate of drug-likeness (QED) is 0.334. The molecule has 1 saturated carbocycles. The largest absolute Gasteiger partial charge is 0.497 e. The van der Waals surface area contributed by atoms with E-state index in [2.05, 4.69) is 25.6 Å². The minimum Gasteiger partial charge on any atom is -0.497 e. The number of fused-ring (bicyclic) bond motifs is 1. The smallest absolute Gasteiger partial charge is 0.255 e. The van der Waals surface area contributed by atoms with Gasteiger partial charge in [-0.25, -0.2) is 9.97 Å². The van der Waals surface area contributed by atoms with Gasteiger partial charge in [0.05, 0.1) is 24.8 Å². The zero-order chi connectivity index (χ0) is 26.2. The first-order valence-corrected chi connectivity index (χ1v) is 12.3. The number of aromatic nitrogens is 3. The SMILES string of the molecule is COCCOc1cc(OC)ccc1-c1ncnc2c(C(=O)N[C@H]3CC[C@H](NC(=O)COC)CC3)c[nH]c12. The topological polar surface area (TPSA) is 137 Å². The van der Waals surface area contributed by atoms with Crippen LogP contribution >= 0.6 is 0 Å². The molecular formula is C26H33N5O6. The summed E-state index contributed by atoms with van der Waals surface area (Å²) in [7, 11) is 4.70. The minimum absolute atomic E-state index is 0.0247. The van der Waals surface area contributed by atoms with Gasteiger partial charge in [0.1, 0.15) is 42.3 Å². The zero-order valence-corrected chi connectivity index (χ0v) is 21.3. The van der Waals surface area contributed by atoms with Crippen LogP contribution in [0.1, 0.15) is 36.0 Å². The van der Waals surface area contributed by atoms with Crippen molar-refractivity contribution in [1.82, 2.24) is 25.6 Å². The summed E-state index contributed by atoms with van der Waals surface area (Å²) in [5, 5.41) is 6.09. The summed E-state index contributed by atoms with van der Waals surface area (Å²) in [4.78, 5) is 37.0. The van der Waals surface area contributed by atoms with E-state index in [1.807, 2.05) is 12.1 Å². The Morgan fingerprint density at radius 1 is 1.00 bits per heavy atom. The van der Waals surface area contributed by atoms with Gasteiger partial charge in [0.25, 0.3) is 5.91 Å². The van der Waals surface area contributed by atoms with Gasteiger partial charge in [-0.3, -0.25) is 9.59 Å². The molecule has 0 radical (unpaired) electrons. The van der Waals surface area contributed by atoms with E-state index in [1.165, 1.54) is 13.4 Å². The third-order valence-corrected chi connectivity index (χ3v) is 6.40. The Labute approximate surface area is 215 Å². The lowest BCUT2D eigenvalue weighted by atomic mass is 9.91. The van der Waals surface area contributed by atoms with E-state index in [0.717, 1.165) is 31.2 Å². The highest BCUT2D eigenvalue weighted by atomic mass is 16.5. The van der Waals surface area contributed by atoms with E-state index in [0.29, 0.717) is 47.0 Å². The number of methoxy groups -OCH3 is 3. The van der Waals surface area contributed by atoms with Crippen molar-refractivity contribution in [1.29, 1.82) is 0 Å². The molecule has 0 spiro atoms. The predicted octanol–water partition coefficient (Wildman–Crippen LogP) is 2.46. The van der Waals surface area contributed by atoms with Crippen LogP contribution in [0.15, 0.2) is 30.7 Å². The summed E-state index contributed by atoms with van der Waals surface area (Å²) in [5.41, 5.74) is 2.98. The van der Waals surface area contributed by atoms with Crippen LogP contribution in [0.5, 0.6) is 11.5 Å². The Balaban J connectivity index is 1.49. The molecule has 0 aliphatic heterocycles. The second-order valence-electron chi connectivity index (χ2n) is 8.87. The standard InChI is InChI=1S/C26H33N5O6/c1-34-10-11-37-21-12-18(36-3)8-9-19(21)23-25-24(29-15-28-23)20(13-27-25)26(33)31-17-6-4-16(5-7-17)30-22(32)14-35-2/h8-9,12-13,15-17,27H,4-7,10-11,14H2,1-3H3,(H,30,32)(H,31,33)/t16-,17-. The average molecular weight is 512 g/mol. The normalized spacial score (nSPS) is 17.4. The maximum atomic E-state index is 13.2. The van der Waals surface area contributed by atoms with Gasteiger partial charge >= 0.3 is 0 Å². The fourth-order valence-electron chi connectivity index (χ4n) is 4.54. The van der Waals surface area contributed by atoms with Crippen molar-refractivity contribution in [3.8, 4) is 22.8 Å². The van der Waals surface area contributed by atoms with Crippen LogP contribution in [0.4, 0.5) is 0 Å². The molecule has 0 saturated heterocycles. The summed E-state index contributed by atoms with van der Waals surface area (Å²) in [5.74, 6) is 0.926. The Kier molecular flexibility index (Phi) is 8.91. The number of H-pyrrole nitrogens is 1. The number of ether oxygens (including phenoxy) is 4. The number of amides is 2. The van der Waals surface area contributed by atoms with Crippen molar-refractivity contribution >= 4 is 22.8 Å². The maximum absolute atomic E-state index is 13.2. The highest BCUT2D eigenvalue weighted by Crippen LogP contribution is 2.36. The minimum atomic E-state index is -0.200. The Morgan fingerprint density at radius 2 is 1.76 bits per heavy atom. The lowest BCUT2D eigenvalue weighted by molar-refractivity contribution is -0.125. The highest BCUT2D eigenvalue weighted by molar-refractivity contribution is 6.08. The number of nitrogens with one attached hydrogen (secondary N) is 3. The van der Waals surface area contributed by atoms with Gasteiger partial charge in [-0.05, 0) is 37.8 Å². The van der Waals surface area contributed by atoms with Gasteiger partial charge in [0.2, 0.25) is 5.91 Å². The zero-order valence-electron chi connectivity index (χ0n) is 21.3. The molecule has 0 unspecified atom stereocenters. The molecule has 3 aromatic rings. The first-order valence-electron chi connectivity index (χ1n) is 12.3. The molecule has 2 aromatic heterocycles. The van der Waals surface area contributed by atoms with E-state index in [-0.39, 0.29) is 30.5 Å². The van der Waals surface area contributed by atoms with Gasteiger partial charge in [-0.1, -0.05) is 0 Å². The molecule has 1 fully saturated rings. The van der Waals surface area contributed by atoms with Crippen molar-refractivity contribution in [3.63, 3.8) is 0 Å². The third-order valence-electron chi connectivity index (χ3n) is 6.40. The Hall–Kier alpha value is -3.70. The fourth-order valence-corrected chi connectivity index (χ4v) is 4.54. The van der Waals surface area contributed by atoms with Crippen molar-refractivity contribution in [2.45, 2.75) is 37.8 Å². The van der Waals surface area contributed by atoms with E-state index in [1.54, 1.807) is 26.5 Å². The van der Waals surface area contributed by atoms with Crippen LogP contribution in [-0.2, 0) is 14.3 Å². The fraction of sp³-hybridized carbons (Fsp3) is 0.462. The highest BCUT2D eigenvalue weighted by Gasteiger charge is 2.25. The molecule has 1 aliphatic carbocycles. The van der Waals surface area contributed by atoms with Crippen LogP contribution in [0, 0.1) is 0 Å². The molecule has 198 valence electrons. The second kappa shape index (κ2) is 12.5. The van der Waals surface area contributed by atoms with Crippen LogP contribution < -0.4 is 20.1 Å². The number of benzene rings is 1. The Bertz CT molecular complexity index is 1220. The number of carbonyl (C=O) groups is 2. The summed E-state index contributed by atoms with van der Waals surface area (Å²) in [6.07, 6.45) is 6.25. The van der Waals surface area contributed by atoms with Gasteiger partial charge < -0.3 is 34.6 Å². The molecule has 37 heavy (non-hydrogen) atoms. The summed E-state index contributed by atoms with van der Waals surface area (Å²) in [6.45, 7) is 0.851. The van der Waals surface area contributed by atoms with Crippen molar-refractivity contribution < 1.29 is 28.5 Å². The lowest BCUT2D eigenvalue weighted by Crippen LogP contribution is -2.44. The molecule has 11 nitrogen and oxygen atoms in total. The number of rotatable bonds is 11. The van der Waals surface area contributed by atoms with E-state index in [4.69, 9.17) is 18.9 Å². The molecule has 1 aromatic carbocycles. The van der Waals surface area contributed by atoms with Gasteiger partial charge in [0.15, 0.2) is 0 Å². The predicted molar refractivity (Wildman–Crippen MR) is 137 cm³/mol. The molecule has 2 amide bonds. The third kappa shape index (κ3) is 6.36. The molecule has 11 heteroatoms. The maximum Gasteiger partial charge on any atom is 0.255 e. The monoisotopic (exact) mass is 511 g/mol. The second-order valence-corrected chi connectivity index (χ2v) is 8.87. The van der Waals surface area contributed by atoms with Gasteiger partial charge in [-0.15, -0.1) is 0 Å². The van der Waals surface area contributed by atoms with Crippen molar-refractivity contribution in [2.24, 2.45) is 0 Å². The van der Waals surface area contributed by atoms with Crippen LogP contribution in [0.3, 0.4) is 0 Å². The number of aromatic amines is 1. The molecule has 1 aliphatic rings. The number of carbonyl (C=O) groups excluding carboxylic acids is 2. The van der Waals surface area contributed by atoms with Crippen LogP contribution in [0.25, 0.3) is 22.3 Å². The van der Waals surface area contributed by atoms with Gasteiger partial charge in [-0.2, -0.15) is 0 Å². The van der Waals surface area contributed by atoms with E-state index >= 15 is 0 Å². The van der Waals surface area contributed by atoms with Crippen LogP contribution in [-0.4, -0.2) is 80.0 Å². The van der Waals surface area contributed by atoms with Crippen LogP contribution in [0.2, 0.25) is 0 Å². The van der Waals surface area contributed by atoms with Gasteiger partial charge in [0, 0.05) is 44.1 Å². The van der Waals surface area contributed by atoms with Crippen molar-refractivity contribution in [2.75, 3.05) is 41.2 Å². The molecule has 2 heterocycles. The lowest BCUT2D eigenvalue weighted by Gasteiger charge is -2.29. The van der Waals surface area contributed by atoms with E-state index in [9.17, 15) is 9.59 Å². The van der Waals surface area contributed by atoms with E-state index < -0.39 is 0 Å².